The Bertz CT molecular complexity index is 937. The molecule has 0 saturated carbocycles. The summed E-state index contributed by atoms with van der Waals surface area (Å²) in [6.07, 6.45) is 1.56. The lowest BCUT2D eigenvalue weighted by atomic mass is 10.1. The minimum absolute atomic E-state index is 0.0214. The third-order valence-electron chi connectivity index (χ3n) is 3.58. The highest BCUT2D eigenvalue weighted by atomic mass is 35.5. The molecule has 0 bridgehead atoms. The topological polar surface area (TPSA) is 75.8 Å². The maximum atomic E-state index is 12.7. The molecular weight excluding hydrogens is 365 g/mol. The van der Waals surface area contributed by atoms with Crippen molar-refractivity contribution in [2.45, 2.75) is 6.92 Å². The van der Waals surface area contributed by atoms with E-state index in [0.29, 0.717) is 27.1 Å². The van der Waals surface area contributed by atoms with E-state index in [1.165, 1.54) is 17.0 Å². The summed E-state index contributed by atoms with van der Waals surface area (Å²) >= 11 is 12.2. The molecule has 0 atom stereocenters. The van der Waals surface area contributed by atoms with E-state index in [2.05, 4.69) is 4.99 Å². The maximum absolute atomic E-state index is 12.7. The van der Waals surface area contributed by atoms with Crippen LogP contribution in [-0.2, 0) is 4.79 Å². The second kappa shape index (κ2) is 6.66. The van der Waals surface area contributed by atoms with Gasteiger partial charge < -0.3 is 0 Å². The highest BCUT2D eigenvalue weighted by molar-refractivity contribution is 6.38. The quantitative estimate of drug-likeness (QED) is 0.442. The van der Waals surface area contributed by atoms with Crippen molar-refractivity contribution in [2.75, 3.05) is 4.90 Å². The van der Waals surface area contributed by atoms with E-state index >= 15 is 0 Å². The molecule has 1 heterocycles. The van der Waals surface area contributed by atoms with E-state index in [0.717, 1.165) is 0 Å². The Labute approximate surface area is 153 Å². The Morgan fingerprint density at radius 2 is 1.84 bits per heavy atom. The molecule has 1 aliphatic heterocycles. The number of aliphatic imine (C=N–C) groups is 1. The van der Waals surface area contributed by atoms with Crippen LogP contribution in [0.2, 0.25) is 10.0 Å². The summed E-state index contributed by atoms with van der Waals surface area (Å²) in [7, 11) is 0. The molecule has 0 spiro atoms. The van der Waals surface area contributed by atoms with E-state index in [1.54, 1.807) is 43.3 Å². The zero-order valence-corrected chi connectivity index (χ0v) is 14.5. The van der Waals surface area contributed by atoms with Crippen molar-refractivity contribution in [1.29, 1.82) is 0 Å². The first-order valence-corrected chi connectivity index (χ1v) is 7.93. The van der Waals surface area contributed by atoms with Crippen LogP contribution >= 0.6 is 23.2 Å². The molecule has 2 aromatic rings. The molecular formula is C17H11Cl2N3O3. The third-order valence-corrected chi connectivity index (χ3v) is 4.14. The summed E-state index contributed by atoms with van der Waals surface area (Å²) < 4.78 is 0. The molecule has 0 N–H and O–H groups in total. The van der Waals surface area contributed by atoms with Crippen LogP contribution in [0.4, 0.5) is 11.4 Å². The number of amidine groups is 1. The van der Waals surface area contributed by atoms with E-state index in [4.69, 9.17) is 23.2 Å². The minimum Gasteiger partial charge on any atom is -0.266 e. The number of anilines is 1. The summed E-state index contributed by atoms with van der Waals surface area (Å²) in [5.74, 6) is 0.113. The van der Waals surface area contributed by atoms with Crippen LogP contribution in [-0.4, -0.2) is 16.7 Å². The predicted molar refractivity (Wildman–Crippen MR) is 98.1 cm³/mol. The fraction of sp³-hybridized carbons (Fsp3) is 0.0588. The monoisotopic (exact) mass is 375 g/mol. The zero-order chi connectivity index (χ0) is 18.1. The number of hydrogen-bond donors (Lipinski definition) is 0. The molecule has 2 aromatic carbocycles. The Morgan fingerprint density at radius 3 is 2.48 bits per heavy atom. The largest absolute Gasteiger partial charge is 0.282 e. The number of nitro benzene ring substituents is 1. The smallest absolute Gasteiger partial charge is 0.266 e. The molecule has 0 fully saturated rings. The van der Waals surface area contributed by atoms with Crippen molar-refractivity contribution < 1.29 is 9.72 Å². The van der Waals surface area contributed by atoms with E-state index < -0.39 is 4.92 Å². The van der Waals surface area contributed by atoms with Crippen LogP contribution in [0, 0.1) is 10.1 Å². The van der Waals surface area contributed by atoms with Gasteiger partial charge in [0.2, 0.25) is 0 Å². The average molecular weight is 376 g/mol. The lowest BCUT2D eigenvalue weighted by molar-refractivity contribution is -0.384. The third kappa shape index (κ3) is 3.40. The Morgan fingerprint density at radius 1 is 1.16 bits per heavy atom. The molecule has 0 saturated heterocycles. The van der Waals surface area contributed by atoms with Gasteiger partial charge in [0.25, 0.3) is 11.6 Å². The van der Waals surface area contributed by atoms with E-state index in [9.17, 15) is 14.9 Å². The number of nitrogens with zero attached hydrogens (tertiary/aromatic N) is 3. The van der Waals surface area contributed by atoms with Gasteiger partial charge in [-0.1, -0.05) is 23.2 Å². The second-order valence-corrected chi connectivity index (χ2v) is 6.12. The van der Waals surface area contributed by atoms with Crippen LogP contribution in [0.3, 0.4) is 0 Å². The molecule has 126 valence electrons. The summed E-state index contributed by atoms with van der Waals surface area (Å²) in [5.41, 5.74) is 1.27. The number of benzene rings is 2. The van der Waals surface area contributed by atoms with Crippen molar-refractivity contribution in [3.8, 4) is 0 Å². The van der Waals surface area contributed by atoms with Crippen LogP contribution in [0.15, 0.2) is 53.2 Å². The summed E-state index contributed by atoms with van der Waals surface area (Å²) in [5, 5.41) is 11.5. The van der Waals surface area contributed by atoms with Gasteiger partial charge in [-0.2, -0.15) is 0 Å². The minimum atomic E-state index is -0.483. The highest BCUT2D eigenvalue weighted by Crippen LogP contribution is 2.33. The molecule has 8 heteroatoms. The molecule has 1 aliphatic rings. The van der Waals surface area contributed by atoms with Gasteiger partial charge in [0.1, 0.15) is 11.5 Å². The van der Waals surface area contributed by atoms with Crippen LogP contribution in [0.5, 0.6) is 0 Å². The van der Waals surface area contributed by atoms with Gasteiger partial charge in [-0.05, 0) is 48.9 Å². The number of hydrogen-bond acceptors (Lipinski definition) is 4. The lowest BCUT2D eigenvalue weighted by Gasteiger charge is -2.17. The van der Waals surface area contributed by atoms with Gasteiger partial charge in [0, 0.05) is 17.2 Å². The second-order valence-electron chi connectivity index (χ2n) is 5.27. The van der Waals surface area contributed by atoms with Gasteiger partial charge in [-0.3, -0.25) is 19.8 Å². The van der Waals surface area contributed by atoms with Crippen molar-refractivity contribution in [1.82, 2.24) is 0 Å². The first-order chi connectivity index (χ1) is 11.9. The molecule has 0 aromatic heterocycles. The standard InChI is InChI=1S/C17H11Cl2N3O3/c1-10-20-15(8-11-2-5-13(6-3-11)22(24)25)17(23)21(10)16-9-12(18)4-7-14(16)19/h2-9H,1H3/b15-8+. The number of non-ortho nitro benzene ring substituents is 1. The molecule has 0 radical (unpaired) electrons. The number of halogens is 2. The van der Waals surface area contributed by atoms with Crippen LogP contribution in [0.1, 0.15) is 12.5 Å². The molecule has 0 unspecified atom stereocenters. The number of rotatable bonds is 3. The number of carbonyl (C=O) groups is 1. The van der Waals surface area contributed by atoms with Gasteiger partial charge >= 0.3 is 0 Å². The molecule has 6 nitrogen and oxygen atoms in total. The Kier molecular flexibility index (Phi) is 4.57. The van der Waals surface area contributed by atoms with Gasteiger partial charge in [-0.25, -0.2) is 4.99 Å². The molecule has 3 rings (SSSR count). The molecule has 0 aliphatic carbocycles. The molecule has 25 heavy (non-hydrogen) atoms. The summed E-state index contributed by atoms with van der Waals surface area (Å²) in [4.78, 5) is 28.6. The normalized spacial score (nSPS) is 15.6. The lowest BCUT2D eigenvalue weighted by Crippen LogP contribution is -2.30. The fourth-order valence-electron chi connectivity index (χ4n) is 2.42. The highest BCUT2D eigenvalue weighted by Gasteiger charge is 2.30. The van der Waals surface area contributed by atoms with E-state index in [-0.39, 0.29) is 17.3 Å². The zero-order valence-electron chi connectivity index (χ0n) is 12.9. The number of nitro groups is 1. The van der Waals surface area contributed by atoms with Crippen LogP contribution < -0.4 is 4.90 Å². The summed E-state index contributed by atoms with van der Waals surface area (Å²) in [6, 6.07) is 10.7. The maximum Gasteiger partial charge on any atom is 0.282 e. The number of amides is 1. The van der Waals surface area contributed by atoms with Crippen molar-refractivity contribution in [2.24, 2.45) is 4.99 Å². The van der Waals surface area contributed by atoms with Gasteiger partial charge in [-0.15, -0.1) is 0 Å². The van der Waals surface area contributed by atoms with Gasteiger partial charge in [0.05, 0.1) is 15.6 Å². The SMILES string of the molecule is CC1=N/C(=C/c2ccc([N+](=O)[O-])cc2)C(=O)N1c1cc(Cl)ccc1Cl. The Hall–Kier alpha value is -2.70. The molecule has 1 amide bonds. The van der Waals surface area contributed by atoms with Gasteiger partial charge in [0.15, 0.2) is 0 Å². The van der Waals surface area contributed by atoms with Crippen molar-refractivity contribution >= 4 is 52.4 Å². The first-order valence-electron chi connectivity index (χ1n) is 7.18. The predicted octanol–water partition coefficient (Wildman–Crippen LogP) is 4.71. The average Bonchev–Trinajstić information content (AvgIpc) is 2.84. The summed E-state index contributed by atoms with van der Waals surface area (Å²) in [6.45, 7) is 1.69. The number of carbonyl (C=O) groups excluding carboxylic acids is 1. The first kappa shape index (κ1) is 17.1. The van der Waals surface area contributed by atoms with E-state index in [1.807, 2.05) is 0 Å². The van der Waals surface area contributed by atoms with Crippen LogP contribution in [0.25, 0.3) is 6.08 Å². The fourth-order valence-corrected chi connectivity index (χ4v) is 2.79. The van der Waals surface area contributed by atoms with Crippen molar-refractivity contribution in [3.63, 3.8) is 0 Å². The Balaban J connectivity index is 1.94. The van der Waals surface area contributed by atoms with Crippen molar-refractivity contribution in [3.05, 3.63) is 73.9 Å².